The van der Waals surface area contributed by atoms with Crippen molar-refractivity contribution < 1.29 is 22.8 Å². The van der Waals surface area contributed by atoms with Gasteiger partial charge in [-0.25, -0.2) is 4.98 Å². The molecule has 36 heavy (non-hydrogen) atoms. The van der Waals surface area contributed by atoms with Crippen LogP contribution in [0.25, 0.3) is 0 Å². The van der Waals surface area contributed by atoms with Gasteiger partial charge in [-0.05, 0) is 56.8 Å². The van der Waals surface area contributed by atoms with Gasteiger partial charge < -0.3 is 15.0 Å². The third-order valence-electron chi connectivity index (χ3n) is 6.80. The van der Waals surface area contributed by atoms with E-state index in [0.29, 0.717) is 0 Å². The van der Waals surface area contributed by atoms with Crippen LogP contribution in [0.2, 0.25) is 0 Å². The van der Waals surface area contributed by atoms with Gasteiger partial charge in [0.25, 0.3) is 5.69 Å². The fourth-order valence-electron chi connectivity index (χ4n) is 4.93. The predicted octanol–water partition coefficient (Wildman–Crippen LogP) is 5.34. The lowest BCUT2D eigenvalue weighted by Gasteiger charge is -2.35. The van der Waals surface area contributed by atoms with Crippen molar-refractivity contribution in [3.8, 4) is 5.75 Å². The lowest BCUT2D eigenvalue weighted by molar-refractivity contribution is -0.388. The largest absolute Gasteiger partial charge is 0.490 e. The Bertz CT molecular complexity index is 1040. The molecular formula is C25H32F3N5O3. The Balaban J connectivity index is 1.30. The van der Waals surface area contributed by atoms with Crippen molar-refractivity contribution in [2.75, 3.05) is 42.9 Å². The Morgan fingerprint density at radius 1 is 1.11 bits per heavy atom. The van der Waals surface area contributed by atoms with E-state index in [0.717, 1.165) is 88.5 Å². The monoisotopic (exact) mass is 507 g/mol. The van der Waals surface area contributed by atoms with Gasteiger partial charge in [-0.3, -0.25) is 15.0 Å². The highest BCUT2D eigenvalue weighted by atomic mass is 19.4. The highest BCUT2D eigenvalue weighted by molar-refractivity contribution is 5.55. The summed E-state index contributed by atoms with van der Waals surface area (Å²) < 4.78 is 46.0. The fraction of sp³-hybridized carbons (Fsp3) is 0.560. The molecule has 1 aromatic heterocycles. The number of halogens is 3. The molecule has 11 heteroatoms. The second-order valence-corrected chi connectivity index (χ2v) is 9.40. The number of nitrogens with zero attached hydrogens (tertiary/aromatic N) is 4. The van der Waals surface area contributed by atoms with E-state index in [1.54, 1.807) is 6.20 Å². The van der Waals surface area contributed by atoms with Crippen molar-refractivity contribution >= 4 is 17.2 Å². The van der Waals surface area contributed by atoms with Gasteiger partial charge in [-0.15, -0.1) is 0 Å². The first-order valence-corrected chi connectivity index (χ1v) is 12.4. The minimum Gasteiger partial charge on any atom is -0.490 e. The Morgan fingerprint density at radius 2 is 1.83 bits per heavy atom. The number of ether oxygens (including phenoxy) is 1. The number of aromatic nitrogens is 1. The van der Waals surface area contributed by atoms with Crippen molar-refractivity contribution in [1.29, 1.82) is 0 Å². The van der Waals surface area contributed by atoms with Crippen LogP contribution >= 0.6 is 0 Å². The molecular weight excluding hydrogens is 475 g/mol. The number of nitro groups is 1. The van der Waals surface area contributed by atoms with Crippen LogP contribution in [-0.4, -0.2) is 59.7 Å². The average molecular weight is 508 g/mol. The van der Waals surface area contributed by atoms with Crippen molar-refractivity contribution in [3.05, 3.63) is 52.2 Å². The lowest BCUT2D eigenvalue weighted by Crippen LogP contribution is -2.46. The number of pyridine rings is 1. The van der Waals surface area contributed by atoms with Gasteiger partial charge >= 0.3 is 6.18 Å². The summed E-state index contributed by atoms with van der Waals surface area (Å²) in [6, 6.07) is 6.87. The van der Waals surface area contributed by atoms with E-state index in [4.69, 9.17) is 4.74 Å². The molecule has 0 atom stereocenters. The van der Waals surface area contributed by atoms with Gasteiger partial charge in [0.2, 0.25) is 0 Å². The van der Waals surface area contributed by atoms with Crippen LogP contribution in [0.4, 0.5) is 30.4 Å². The maximum atomic E-state index is 13.3. The van der Waals surface area contributed by atoms with Crippen LogP contribution < -0.4 is 15.0 Å². The second kappa shape index (κ2) is 11.3. The van der Waals surface area contributed by atoms with E-state index < -0.39 is 22.4 Å². The number of hydrogen-bond donors (Lipinski definition) is 1. The van der Waals surface area contributed by atoms with E-state index in [1.165, 1.54) is 6.07 Å². The number of anilines is 2. The van der Waals surface area contributed by atoms with Gasteiger partial charge in [0.15, 0.2) is 0 Å². The molecule has 4 rings (SSSR count). The Labute approximate surface area is 208 Å². The summed E-state index contributed by atoms with van der Waals surface area (Å²) in [6.07, 6.45) is 1.10. The molecule has 1 saturated carbocycles. The molecule has 1 saturated heterocycles. The van der Waals surface area contributed by atoms with E-state index in [-0.39, 0.29) is 17.8 Å². The summed E-state index contributed by atoms with van der Waals surface area (Å²) in [4.78, 5) is 19.2. The summed E-state index contributed by atoms with van der Waals surface area (Å²) in [5.41, 5.74) is -1.95. The molecule has 0 amide bonds. The van der Waals surface area contributed by atoms with Crippen LogP contribution in [0.5, 0.6) is 5.75 Å². The van der Waals surface area contributed by atoms with Crippen LogP contribution in [0.1, 0.15) is 44.6 Å². The number of benzene rings is 1. The molecule has 0 radical (unpaired) electrons. The Hall–Kier alpha value is -3.08. The Kier molecular flexibility index (Phi) is 8.17. The molecule has 0 bridgehead atoms. The molecule has 2 heterocycles. The van der Waals surface area contributed by atoms with Gasteiger partial charge in [0.1, 0.15) is 17.1 Å². The molecule has 2 aliphatic rings. The van der Waals surface area contributed by atoms with E-state index in [2.05, 4.69) is 27.0 Å². The Morgan fingerprint density at radius 3 is 2.47 bits per heavy atom. The second-order valence-electron chi connectivity index (χ2n) is 9.40. The van der Waals surface area contributed by atoms with Crippen molar-refractivity contribution in [2.45, 2.75) is 57.3 Å². The quantitative estimate of drug-likeness (QED) is 0.381. The molecule has 0 spiro atoms. The minimum absolute atomic E-state index is 0.0160. The van der Waals surface area contributed by atoms with Gasteiger partial charge in [0, 0.05) is 56.2 Å². The number of rotatable bonds is 8. The van der Waals surface area contributed by atoms with Gasteiger partial charge in [-0.2, -0.15) is 13.2 Å². The molecule has 1 aliphatic heterocycles. The molecule has 2 fully saturated rings. The van der Waals surface area contributed by atoms with Crippen LogP contribution in [0.15, 0.2) is 36.5 Å². The minimum atomic E-state index is -4.79. The smallest absolute Gasteiger partial charge is 0.423 e. The number of nitro benzene ring substituents is 1. The predicted molar refractivity (Wildman–Crippen MR) is 132 cm³/mol. The first kappa shape index (κ1) is 26.0. The standard InChI is InChI=1S/C25H32F3N5O3/c1-2-11-31-12-14-32(15-13-31)24-17-21(9-10-29-24)36-20-6-3-18(4-7-20)30-19-5-8-23(33(34)35)22(16-19)25(26,27)28/h5,8-10,16-18,20,30H,2-4,6-7,11-15H2,1H3/t18-,20-. The topological polar surface area (TPSA) is 83.8 Å². The van der Waals surface area contributed by atoms with Crippen LogP contribution in [0, 0.1) is 10.1 Å². The zero-order chi connectivity index (χ0) is 25.7. The molecule has 1 aromatic carbocycles. The van der Waals surface area contributed by atoms with Crippen molar-refractivity contribution in [1.82, 2.24) is 9.88 Å². The molecule has 2 aromatic rings. The number of hydrogen-bond acceptors (Lipinski definition) is 7. The summed E-state index contributed by atoms with van der Waals surface area (Å²) >= 11 is 0. The zero-order valence-electron chi connectivity index (χ0n) is 20.3. The molecule has 1 aliphatic carbocycles. The number of alkyl halides is 3. The van der Waals surface area contributed by atoms with E-state index in [9.17, 15) is 23.3 Å². The number of piperazine rings is 1. The summed E-state index contributed by atoms with van der Waals surface area (Å²) in [5, 5.41) is 14.1. The third kappa shape index (κ3) is 6.57. The van der Waals surface area contributed by atoms with Crippen LogP contribution in [-0.2, 0) is 6.18 Å². The summed E-state index contributed by atoms with van der Waals surface area (Å²) in [7, 11) is 0. The highest BCUT2D eigenvalue weighted by Gasteiger charge is 2.38. The number of nitrogens with one attached hydrogen (secondary N) is 1. The van der Waals surface area contributed by atoms with Crippen molar-refractivity contribution in [3.63, 3.8) is 0 Å². The molecule has 196 valence electrons. The SMILES string of the molecule is CCCN1CCN(c2cc(O[C@H]3CC[C@H](Nc4ccc([N+](=O)[O-])c(C(F)(F)F)c4)CC3)ccn2)CC1. The zero-order valence-corrected chi connectivity index (χ0v) is 20.3. The molecule has 1 N–H and O–H groups in total. The fourth-order valence-corrected chi connectivity index (χ4v) is 4.93. The van der Waals surface area contributed by atoms with E-state index in [1.807, 2.05) is 12.1 Å². The summed E-state index contributed by atoms with van der Waals surface area (Å²) in [6.45, 7) is 7.23. The normalized spacial score (nSPS) is 21.3. The van der Waals surface area contributed by atoms with Gasteiger partial charge in [-0.1, -0.05) is 6.92 Å². The van der Waals surface area contributed by atoms with E-state index >= 15 is 0 Å². The molecule has 8 nitrogen and oxygen atoms in total. The maximum Gasteiger partial charge on any atom is 0.423 e. The molecule has 0 unspecified atom stereocenters. The average Bonchev–Trinajstić information content (AvgIpc) is 2.85. The first-order valence-electron chi connectivity index (χ1n) is 12.4. The highest BCUT2D eigenvalue weighted by Crippen LogP contribution is 2.38. The lowest BCUT2D eigenvalue weighted by atomic mass is 9.92. The van der Waals surface area contributed by atoms with Crippen LogP contribution in [0.3, 0.4) is 0 Å². The first-order chi connectivity index (χ1) is 17.2. The van der Waals surface area contributed by atoms with Gasteiger partial charge in [0.05, 0.1) is 11.0 Å². The maximum absolute atomic E-state index is 13.3. The van der Waals surface area contributed by atoms with Crippen molar-refractivity contribution in [2.24, 2.45) is 0 Å². The third-order valence-corrected chi connectivity index (χ3v) is 6.80. The summed E-state index contributed by atoms with van der Waals surface area (Å²) in [5.74, 6) is 1.69.